The van der Waals surface area contributed by atoms with E-state index in [9.17, 15) is 10.1 Å². The molecule has 3 nitrogen and oxygen atoms in total. The predicted molar refractivity (Wildman–Crippen MR) is 104 cm³/mol. The zero-order chi connectivity index (χ0) is 18.0. The summed E-state index contributed by atoms with van der Waals surface area (Å²) >= 11 is 13.7. The van der Waals surface area contributed by atoms with Crippen molar-refractivity contribution < 1.29 is 4.79 Å². The maximum absolute atomic E-state index is 12.3. The third-order valence-corrected chi connectivity index (χ3v) is 6.09. The van der Waals surface area contributed by atoms with Gasteiger partial charge in [-0.3, -0.25) is 4.79 Å². The lowest BCUT2D eigenvalue weighted by molar-refractivity contribution is -0.111. The number of carbonyl (C=O) groups excluding carboxylic acids is 1. The lowest BCUT2D eigenvalue weighted by atomic mass is 9.89. The number of rotatable bonds is 3. The molecule has 1 aliphatic carbocycles. The molecule has 1 unspecified atom stereocenters. The fourth-order valence-electron chi connectivity index (χ4n) is 2.94. The van der Waals surface area contributed by atoms with Gasteiger partial charge >= 0.3 is 0 Å². The van der Waals surface area contributed by atoms with Gasteiger partial charge in [-0.15, -0.1) is 11.3 Å². The Kier molecular flexibility index (Phi) is 5.48. The van der Waals surface area contributed by atoms with Crippen LogP contribution in [0.5, 0.6) is 0 Å². The number of benzene rings is 1. The van der Waals surface area contributed by atoms with E-state index < -0.39 is 0 Å². The summed E-state index contributed by atoms with van der Waals surface area (Å²) in [6, 6.07) is 7.42. The third-order valence-electron chi connectivity index (χ3n) is 4.26. The summed E-state index contributed by atoms with van der Waals surface area (Å²) in [6.45, 7) is 2.21. The van der Waals surface area contributed by atoms with Gasteiger partial charge in [0, 0.05) is 26.6 Å². The Hall–Kier alpha value is -1.80. The van der Waals surface area contributed by atoms with Crippen molar-refractivity contribution in [1.29, 1.82) is 5.26 Å². The number of fused-ring (bicyclic) bond motifs is 1. The number of carbonyl (C=O) groups is 1. The molecule has 1 heterocycles. The number of nitrogens with zero attached hydrogens (tertiary/aromatic N) is 1. The van der Waals surface area contributed by atoms with Crippen LogP contribution in [0.2, 0.25) is 10.0 Å². The Morgan fingerprint density at radius 1 is 1.40 bits per heavy atom. The normalized spacial score (nSPS) is 16.5. The largest absolute Gasteiger partial charge is 0.313 e. The summed E-state index contributed by atoms with van der Waals surface area (Å²) in [5, 5.41) is 13.9. The first-order valence-electron chi connectivity index (χ1n) is 7.97. The Morgan fingerprint density at radius 3 is 2.80 bits per heavy atom. The maximum Gasteiger partial charge on any atom is 0.249 e. The van der Waals surface area contributed by atoms with E-state index in [2.05, 4.69) is 18.3 Å². The van der Waals surface area contributed by atoms with Crippen molar-refractivity contribution in [2.24, 2.45) is 5.92 Å². The van der Waals surface area contributed by atoms with Gasteiger partial charge < -0.3 is 5.32 Å². The number of thiophene rings is 1. The molecule has 1 N–H and O–H groups in total. The molecule has 1 aromatic heterocycles. The number of nitriles is 1. The van der Waals surface area contributed by atoms with Crippen LogP contribution in [-0.4, -0.2) is 5.91 Å². The van der Waals surface area contributed by atoms with Crippen LogP contribution >= 0.6 is 34.5 Å². The highest BCUT2D eigenvalue weighted by molar-refractivity contribution is 7.16. The number of amides is 1. The Labute approximate surface area is 160 Å². The molecule has 2 aromatic rings. The minimum absolute atomic E-state index is 0.306. The third kappa shape index (κ3) is 3.90. The zero-order valence-electron chi connectivity index (χ0n) is 13.6. The highest BCUT2D eigenvalue weighted by atomic mass is 35.5. The summed E-state index contributed by atoms with van der Waals surface area (Å²) in [4.78, 5) is 13.5. The number of hydrogen-bond acceptors (Lipinski definition) is 3. The van der Waals surface area contributed by atoms with Crippen LogP contribution in [0.15, 0.2) is 24.3 Å². The topological polar surface area (TPSA) is 52.9 Å². The van der Waals surface area contributed by atoms with Gasteiger partial charge in [-0.25, -0.2) is 0 Å². The summed E-state index contributed by atoms with van der Waals surface area (Å²) in [5.41, 5.74) is 2.30. The molecule has 128 valence electrons. The van der Waals surface area contributed by atoms with Crippen molar-refractivity contribution in [2.75, 3.05) is 5.32 Å². The molecule has 25 heavy (non-hydrogen) atoms. The first kappa shape index (κ1) is 18.0. The molecule has 1 aromatic carbocycles. The Morgan fingerprint density at radius 2 is 2.12 bits per heavy atom. The first-order valence-corrected chi connectivity index (χ1v) is 9.54. The van der Waals surface area contributed by atoms with E-state index in [1.165, 1.54) is 22.3 Å². The van der Waals surface area contributed by atoms with E-state index in [0.29, 0.717) is 32.1 Å². The van der Waals surface area contributed by atoms with Crippen LogP contribution in [0.3, 0.4) is 0 Å². The average Bonchev–Trinajstić information content (AvgIpc) is 2.90. The minimum atomic E-state index is -0.306. The number of anilines is 1. The standard InChI is InChI=1S/C19H16Cl2N2OS/c1-11-5-6-12-14(10-22)19(25-17(12)9-11)23-18(24)8-7-13-15(20)3-2-4-16(13)21/h2-4,7-8,11H,5-6,9H2,1H3,(H,23,24)/b8-7+. The second kappa shape index (κ2) is 7.61. The molecule has 0 saturated carbocycles. The molecule has 1 atom stereocenters. The van der Waals surface area contributed by atoms with Gasteiger partial charge in [-0.1, -0.05) is 36.2 Å². The van der Waals surface area contributed by atoms with Gasteiger partial charge in [0.2, 0.25) is 5.91 Å². The molecular formula is C19H16Cl2N2OS. The van der Waals surface area contributed by atoms with E-state index in [-0.39, 0.29) is 5.91 Å². The molecule has 0 radical (unpaired) electrons. The Balaban J connectivity index is 1.80. The van der Waals surface area contributed by atoms with Crippen LogP contribution in [0.1, 0.15) is 34.9 Å². The van der Waals surface area contributed by atoms with E-state index in [1.807, 2.05) is 0 Å². The quantitative estimate of drug-likeness (QED) is 0.682. The van der Waals surface area contributed by atoms with Gasteiger partial charge in [0.1, 0.15) is 11.1 Å². The number of nitrogens with one attached hydrogen (secondary N) is 1. The predicted octanol–water partition coefficient (Wildman–Crippen LogP) is 5.70. The lowest BCUT2D eigenvalue weighted by Gasteiger charge is -2.17. The summed E-state index contributed by atoms with van der Waals surface area (Å²) < 4.78 is 0. The fraction of sp³-hybridized carbons (Fsp3) is 0.263. The van der Waals surface area contributed by atoms with Crippen molar-refractivity contribution >= 4 is 51.5 Å². The molecule has 6 heteroatoms. The fourth-order valence-corrected chi connectivity index (χ4v) is 4.83. The van der Waals surface area contributed by atoms with Crippen molar-refractivity contribution in [2.45, 2.75) is 26.2 Å². The molecule has 0 saturated heterocycles. The van der Waals surface area contributed by atoms with Crippen molar-refractivity contribution in [3.05, 3.63) is 55.9 Å². The number of halogens is 2. The molecule has 0 aliphatic heterocycles. The molecule has 0 fully saturated rings. The molecule has 3 rings (SSSR count). The molecule has 1 amide bonds. The monoisotopic (exact) mass is 390 g/mol. The molecule has 0 bridgehead atoms. The highest BCUT2D eigenvalue weighted by Gasteiger charge is 2.24. The summed E-state index contributed by atoms with van der Waals surface area (Å²) in [5.74, 6) is 0.308. The highest BCUT2D eigenvalue weighted by Crippen LogP contribution is 2.39. The Bertz CT molecular complexity index is 875. The number of hydrogen-bond donors (Lipinski definition) is 1. The lowest BCUT2D eigenvalue weighted by Crippen LogP contribution is -2.10. The van der Waals surface area contributed by atoms with Crippen molar-refractivity contribution in [1.82, 2.24) is 0 Å². The smallest absolute Gasteiger partial charge is 0.249 e. The van der Waals surface area contributed by atoms with E-state index in [1.54, 1.807) is 24.3 Å². The minimum Gasteiger partial charge on any atom is -0.313 e. The molecular weight excluding hydrogens is 375 g/mol. The van der Waals surface area contributed by atoms with Crippen LogP contribution in [0.25, 0.3) is 6.08 Å². The van der Waals surface area contributed by atoms with Crippen LogP contribution in [0.4, 0.5) is 5.00 Å². The first-order chi connectivity index (χ1) is 12.0. The van der Waals surface area contributed by atoms with Gasteiger partial charge in [-0.2, -0.15) is 5.26 Å². The van der Waals surface area contributed by atoms with Crippen LogP contribution in [0, 0.1) is 17.2 Å². The average molecular weight is 391 g/mol. The maximum atomic E-state index is 12.3. The van der Waals surface area contributed by atoms with E-state index in [0.717, 1.165) is 24.8 Å². The summed E-state index contributed by atoms with van der Waals surface area (Å²) in [7, 11) is 0. The molecule has 0 spiro atoms. The van der Waals surface area contributed by atoms with Crippen LogP contribution < -0.4 is 5.32 Å². The second-order valence-corrected chi connectivity index (χ2v) is 8.05. The van der Waals surface area contributed by atoms with Gasteiger partial charge in [0.15, 0.2) is 0 Å². The summed E-state index contributed by atoms with van der Waals surface area (Å²) in [6.07, 6.45) is 5.92. The van der Waals surface area contributed by atoms with Gasteiger partial charge in [0.05, 0.1) is 5.56 Å². The zero-order valence-corrected chi connectivity index (χ0v) is 15.9. The van der Waals surface area contributed by atoms with Crippen LogP contribution in [-0.2, 0) is 17.6 Å². The van der Waals surface area contributed by atoms with Gasteiger partial charge in [-0.05, 0) is 49.0 Å². The SMILES string of the molecule is CC1CCc2c(sc(NC(=O)/C=C/c3c(Cl)cccc3Cl)c2C#N)C1. The molecule has 1 aliphatic rings. The second-order valence-electron chi connectivity index (χ2n) is 6.13. The van der Waals surface area contributed by atoms with E-state index in [4.69, 9.17) is 23.2 Å². The van der Waals surface area contributed by atoms with E-state index >= 15 is 0 Å². The van der Waals surface area contributed by atoms with Crippen molar-refractivity contribution in [3.8, 4) is 6.07 Å². The van der Waals surface area contributed by atoms with Gasteiger partial charge in [0.25, 0.3) is 0 Å². The van der Waals surface area contributed by atoms with Crippen molar-refractivity contribution in [3.63, 3.8) is 0 Å².